The summed E-state index contributed by atoms with van der Waals surface area (Å²) >= 11 is 0. The number of allylic oxidation sites excluding steroid dienone is 2. The van der Waals surface area contributed by atoms with Crippen LogP contribution in [-0.2, 0) is 0 Å². The molecular weight excluding hydrogens is 160 g/mol. The summed E-state index contributed by atoms with van der Waals surface area (Å²) in [7, 11) is 0. The van der Waals surface area contributed by atoms with Gasteiger partial charge in [-0.25, -0.2) is 0 Å². The van der Waals surface area contributed by atoms with Crippen LogP contribution in [0.3, 0.4) is 0 Å². The summed E-state index contributed by atoms with van der Waals surface area (Å²) in [5.41, 5.74) is 0. The topological polar surface area (TPSA) is 20.2 Å². The molecule has 0 amide bonds. The SMILES string of the molecule is CCCCCCC=CCCC(C)O. The third kappa shape index (κ3) is 11.7. The Morgan fingerprint density at radius 1 is 1.08 bits per heavy atom. The lowest BCUT2D eigenvalue weighted by atomic mass is 10.1. The Morgan fingerprint density at radius 3 is 2.38 bits per heavy atom. The zero-order valence-corrected chi connectivity index (χ0v) is 9.13. The number of unbranched alkanes of at least 4 members (excludes halogenated alkanes) is 4. The molecule has 0 saturated heterocycles. The molecule has 0 aromatic heterocycles. The molecule has 0 aromatic carbocycles. The van der Waals surface area contributed by atoms with Crippen molar-refractivity contribution in [1.82, 2.24) is 0 Å². The first-order chi connectivity index (χ1) is 6.27. The smallest absolute Gasteiger partial charge is 0.0515 e. The van der Waals surface area contributed by atoms with Gasteiger partial charge in [0.05, 0.1) is 6.10 Å². The molecule has 0 aliphatic heterocycles. The highest BCUT2D eigenvalue weighted by molar-refractivity contribution is 4.81. The van der Waals surface area contributed by atoms with Gasteiger partial charge in [0.15, 0.2) is 0 Å². The van der Waals surface area contributed by atoms with Crippen molar-refractivity contribution < 1.29 is 5.11 Å². The van der Waals surface area contributed by atoms with Crippen LogP contribution in [0.15, 0.2) is 12.2 Å². The van der Waals surface area contributed by atoms with E-state index < -0.39 is 0 Å². The van der Waals surface area contributed by atoms with Crippen LogP contribution < -0.4 is 0 Å². The number of hydrogen-bond acceptors (Lipinski definition) is 1. The van der Waals surface area contributed by atoms with Crippen LogP contribution in [-0.4, -0.2) is 11.2 Å². The van der Waals surface area contributed by atoms with Crippen LogP contribution in [0.5, 0.6) is 0 Å². The van der Waals surface area contributed by atoms with Gasteiger partial charge in [-0.2, -0.15) is 0 Å². The minimum absolute atomic E-state index is 0.148. The molecule has 1 unspecified atom stereocenters. The molecule has 0 radical (unpaired) electrons. The molecule has 78 valence electrons. The second-order valence-corrected chi connectivity index (χ2v) is 3.75. The third-order valence-electron chi connectivity index (χ3n) is 2.14. The average Bonchev–Trinajstić information content (AvgIpc) is 2.09. The maximum absolute atomic E-state index is 8.99. The normalized spacial score (nSPS) is 13.8. The van der Waals surface area contributed by atoms with E-state index in [0.29, 0.717) is 0 Å². The fourth-order valence-corrected chi connectivity index (χ4v) is 1.26. The second-order valence-electron chi connectivity index (χ2n) is 3.75. The van der Waals surface area contributed by atoms with Crippen LogP contribution in [0.1, 0.15) is 58.8 Å². The lowest BCUT2D eigenvalue weighted by molar-refractivity contribution is 0.186. The highest BCUT2D eigenvalue weighted by Crippen LogP contribution is 2.04. The first-order valence-electron chi connectivity index (χ1n) is 5.60. The molecule has 0 fully saturated rings. The van der Waals surface area contributed by atoms with E-state index in [1.165, 1.54) is 32.1 Å². The van der Waals surface area contributed by atoms with Gasteiger partial charge in [-0.05, 0) is 32.6 Å². The van der Waals surface area contributed by atoms with Crippen molar-refractivity contribution in [2.45, 2.75) is 64.9 Å². The Balaban J connectivity index is 3.03. The van der Waals surface area contributed by atoms with E-state index >= 15 is 0 Å². The molecule has 13 heavy (non-hydrogen) atoms. The fourth-order valence-electron chi connectivity index (χ4n) is 1.26. The molecule has 1 nitrogen and oxygen atoms in total. The zero-order valence-electron chi connectivity index (χ0n) is 9.13. The molecule has 0 rings (SSSR count). The van der Waals surface area contributed by atoms with E-state index in [4.69, 9.17) is 5.11 Å². The molecule has 0 aliphatic rings. The summed E-state index contributed by atoms with van der Waals surface area (Å²) in [4.78, 5) is 0. The Labute approximate surface area is 82.9 Å². The predicted octanol–water partition coefficient (Wildman–Crippen LogP) is 3.67. The zero-order chi connectivity index (χ0) is 9.94. The summed E-state index contributed by atoms with van der Waals surface area (Å²) in [5.74, 6) is 0. The summed E-state index contributed by atoms with van der Waals surface area (Å²) in [6.07, 6.45) is 12.8. The van der Waals surface area contributed by atoms with Gasteiger partial charge in [-0.15, -0.1) is 0 Å². The highest BCUT2D eigenvalue weighted by atomic mass is 16.3. The number of aliphatic hydroxyl groups is 1. The molecule has 0 aromatic rings. The molecule has 1 atom stereocenters. The highest BCUT2D eigenvalue weighted by Gasteiger charge is 1.90. The first-order valence-corrected chi connectivity index (χ1v) is 5.60. The number of rotatable bonds is 8. The number of hydrogen-bond donors (Lipinski definition) is 1. The molecular formula is C12H24O. The summed E-state index contributed by atoms with van der Waals surface area (Å²) in [6.45, 7) is 4.08. The molecule has 0 saturated carbocycles. The van der Waals surface area contributed by atoms with Crippen LogP contribution in [0.25, 0.3) is 0 Å². The summed E-state index contributed by atoms with van der Waals surface area (Å²) in [6, 6.07) is 0. The van der Waals surface area contributed by atoms with Crippen molar-refractivity contribution in [2.75, 3.05) is 0 Å². The lowest BCUT2D eigenvalue weighted by Crippen LogP contribution is -1.96. The Morgan fingerprint density at radius 2 is 1.77 bits per heavy atom. The van der Waals surface area contributed by atoms with Crippen molar-refractivity contribution >= 4 is 0 Å². The monoisotopic (exact) mass is 184 g/mol. The molecule has 0 spiro atoms. The fraction of sp³-hybridized carbons (Fsp3) is 0.833. The number of aliphatic hydroxyl groups excluding tert-OH is 1. The van der Waals surface area contributed by atoms with E-state index in [1.54, 1.807) is 0 Å². The molecule has 0 aliphatic carbocycles. The van der Waals surface area contributed by atoms with Gasteiger partial charge in [0.1, 0.15) is 0 Å². The third-order valence-corrected chi connectivity index (χ3v) is 2.14. The van der Waals surface area contributed by atoms with E-state index in [9.17, 15) is 0 Å². The van der Waals surface area contributed by atoms with Crippen LogP contribution in [0.4, 0.5) is 0 Å². The van der Waals surface area contributed by atoms with Gasteiger partial charge in [0.2, 0.25) is 0 Å². The molecule has 0 bridgehead atoms. The molecule has 0 heterocycles. The van der Waals surface area contributed by atoms with Crippen molar-refractivity contribution in [1.29, 1.82) is 0 Å². The Hall–Kier alpha value is -0.300. The van der Waals surface area contributed by atoms with Crippen LogP contribution in [0, 0.1) is 0 Å². The van der Waals surface area contributed by atoms with Gasteiger partial charge in [-0.1, -0.05) is 38.3 Å². The summed E-state index contributed by atoms with van der Waals surface area (Å²) in [5, 5.41) is 8.99. The van der Waals surface area contributed by atoms with Gasteiger partial charge >= 0.3 is 0 Å². The van der Waals surface area contributed by atoms with Gasteiger partial charge < -0.3 is 5.11 Å². The van der Waals surface area contributed by atoms with Gasteiger partial charge in [-0.3, -0.25) is 0 Å². The quantitative estimate of drug-likeness (QED) is 0.451. The maximum atomic E-state index is 8.99. The molecule has 1 heteroatoms. The standard InChI is InChI=1S/C12H24O/c1-3-4-5-6-7-8-9-10-11-12(2)13/h8-9,12-13H,3-7,10-11H2,1-2H3. The van der Waals surface area contributed by atoms with Crippen molar-refractivity contribution in [3.05, 3.63) is 12.2 Å². The first kappa shape index (κ1) is 12.7. The van der Waals surface area contributed by atoms with Crippen molar-refractivity contribution in [2.24, 2.45) is 0 Å². The van der Waals surface area contributed by atoms with Crippen LogP contribution >= 0.6 is 0 Å². The largest absolute Gasteiger partial charge is 0.393 e. The summed E-state index contributed by atoms with van der Waals surface area (Å²) < 4.78 is 0. The Bertz CT molecular complexity index is 116. The van der Waals surface area contributed by atoms with E-state index in [-0.39, 0.29) is 6.10 Å². The van der Waals surface area contributed by atoms with E-state index in [1.807, 2.05) is 6.92 Å². The lowest BCUT2D eigenvalue weighted by Gasteiger charge is -1.98. The predicted molar refractivity (Wildman–Crippen MR) is 58.8 cm³/mol. The Kier molecular flexibility index (Phi) is 9.56. The minimum atomic E-state index is -0.148. The van der Waals surface area contributed by atoms with Crippen molar-refractivity contribution in [3.63, 3.8) is 0 Å². The second kappa shape index (κ2) is 9.79. The van der Waals surface area contributed by atoms with Gasteiger partial charge in [0.25, 0.3) is 0 Å². The van der Waals surface area contributed by atoms with E-state index in [2.05, 4.69) is 19.1 Å². The van der Waals surface area contributed by atoms with E-state index in [0.717, 1.165) is 12.8 Å². The van der Waals surface area contributed by atoms with Crippen LogP contribution in [0.2, 0.25) is 0 Å². The molecule has 1 N–H and O–H groups in total. The minimum Gasteiger partial charge on any atom is -0.393 e. The van der Waals surface area contributed by atoms with Gasteiger partial charge in [0, 0.05) is 0 Å². The average molecular weight is 184 g/mol. The van der Waals surface area contributed by atoms with Crippen molar-refractivity contribution in [3.8, 4) is 0 Å². The maximum Gasteiger partial charge on any atom is 0.0515 e.